The second kappa shape index (κ2) is 7.18. The van der Waals surface area contributed by atoms with Crippen molar-refractivity contribution in [1.29, 1.82) is 0 Å². The minimum Gasteiger partial charge on any atom is -0.332 e. The van der Waals surface area contributed by atoms with Crippen LogP contribution in [-0.2, 0) is 6.42 Å². The van der Waals surface area contributed by atoms with Crippen LogP contribution in [-0.4, -0.2) is 10.9 Å². The van der Waals surface area contributed by atoms with Crippen LogP contribution in [0.5, 0.6) is 0 Å². The van der Waals surface area contributed by atoms with Crippen LogP contribution < -0.4 is 10.6 Å². The SMILES string of the molecule is CCc1cccc(C)c1NC(=S)Nc1ccc(C(C)=O)cc1. The van der Waals surface area contributed by atoms with Crippen molar-refractivity contribution in [3.63, 3.8) is 0 Å². The van der Waals surface area contributed by atoms with Gasteiger partial charge < -0.3 is 10.6 Å². The van der Waals surface area contributed by atoms with Gasteiger partial charge in [-0.05, 0) is 67.9 Å². The maximum absolute atomic E-state index is 11.3. The van der Waals surface area contributed by atoms with Gasteiger partial charge >= 0.3 is 0 Å². The third kappa shape index (κ3) is 3.92. The quantitative estimate of drug-likeness (QED) is 0.641. The predicted molar refractivity (Wildman–Crippen MR) is 96.8 cm³/mol. The van der Waals surface area contributed by atoms with Crippen molar-refractivity contribution in [2.45, 2.75) is 27.2 Å². The fourth-order valence-electron chi connectivity index (χ4n) is 2.27. The molecule has 0 saturated heterocycles. The summed E-state index contributed by atoms with van der Waals surface area (Å²) in [5.41, 5.74) is 5.00. The van der Waals surface area contributed by atoms with Gasteiger partial charge in [0.05, 0.1) is 0 Å². The van der Waals surface area contributed by atoms with Crippen LogP contribution in [0.2, 0.25) is 0 Å². The molecule has 0 saturated carbocycles. The second-order valence-electron chi connectivity index (χ2n) is 5.18. The molecule has 0 unspecified atom stereocenters. The third-order valence-corrected chi connectivity index (χ3v) is 3.73. The first-order valence-corrected chi connectivity index (χ1v) is 7.69. The standard InChI is InChI=1S/C18H20N2OS/c1-4-14-7-5-6-12(2)17(14)20-18(22)19-16-10-8-15(9-11-16)13(3)21/h5-11H,4H2,1-3H3,(H2,19,20,22). The van der Waals surface area contributed by atoms with E-state index in [2.05, 4.69) is 42.7 Å². The lowest BCUT2D eigenvalue weighted by molar-refractivity contribution is 0.101. The zero-order chi connectivity index (χ0) is 16.1. The zero-order valence-corrected chi connectivity index (χ0v) is 13.9. The molecular formula is C18H20N2OS. The number of hydrogen-bond acceptors (Lipinski definition) is 2. The fourth-order valence-corrected chi connectivity index (χ4v) is 2.49. The first-order valence-electron chi connectivity index (χ1n) is 7.28. The maximum atomic E-state index is 11.3. The highest BCUT2D eigenvalue weighted by Crippen LogP contribution is 2.21. The number of rotatable bonds is 4. The van der Waals surface area contributed by atoms with Crippen molar-refractivity contribution in [1.82, 2.24) is 0 Å². The van der Waals surface area contributed by atoms with Crippen LogP contribution in [0.1, 0.15) is 35.3 Å². The van der Waals surface area contributed by atoms with E-state index in [0.717, 1.165) is 23.4 Å². The van der Waals surface area contributed by atoms with Gasteiger partial charge in [-0.15, -0.1) is 0 Å². The van der Waals surface area contributed by atoms with E-state index in [9.17, 15) is 4.79 Å². The minimum atomic E-state index is 0.0553. The van der Waals surface area contributed by atoms with Crippen LogP contribution in [0, 0.1) is 6.92 Å². The van der Waals surface area contributed by atoms with Crippen molar-refractivity contribution in [3.05, 3.63) is 59.2 Å². The fraction of sp³-hybridized carbons (Fsp3) is 0.222. The lowest BCUT2D eigenvalue weighted by Crippen LogP contribution is -2.20. The second-order valence-corrected chi connectivity index (χ2v) is 5.58. The number of ketones is 1. The van der Waals surface area contributed by atoms with Gasteiger partial charge in [-0.2, -0.15) is 0 Å². The van der Waals surface area contributed by atoms with Gasteiger partial charge in [-0.1, -0.05) is 25.1 Å². The van der Waals surface area contributed by atoms with Crippen molar-refractivity contribution in [3.8, 4) is 0 Å². The van der Waals surface area contributed by atoms with E-state index in [1.54, 1.807) is 19.1 Å². The van der Waals surface area contributed by atoms with Gasteiger partial charge in [0.1, 0.15) is 0 Å². The van der Waals surface area contributed by atoms with Gasteiger partial charge in [0.2, 0.25) is 0 Å². The molecule has 0 aliphatic heterocycles. The predicted octanol–water partition coefficient (Wildman–Crippen LogP) is 4.57. The molecule has 0 fully saturated rings. The largest absolute Gasteiger partial charge is 0.332 e. The molecule has 0 radical (unpaired) electrons. The van der Waals surface area contributed by atoms with Gasteiger partial charge in [-0.3, -0.25) is 4.79 Å². The van der Waals surface area contributed by atoms with E-state index < -0.39 is 0 Å². The summed E-state index contributed by atoms with van der Waals surface area (Å²) in [6.07, 6.45) is 0.944. The highest BCUT2D eigenvalue weighted by Gasteiger charge is 2.06. The summed E-state index contributed by atoms with van der Waals surface area (Å²) in [7, 11) is 0. The summed E-state index contributed by atoms with van der Waals surface area (Å²) in [4.78, 5) is 11.3. The average Bonchev–Trinajstić information content (AvgIpc) is 2.49. The van der Waals surface area contributed by atoms with Crippen molar-refractivity contribution >= 4 is 34.5 Å². The number of carbonyl (C=O) groups excluding carboxylic acids is 1. The molecule has 0 atom stereocenters. The van der Waals surface area contributed by atoms with Crippen LogP contribution in [0.3, 0.4) is 0 Å². The normalized spacial score (nSPS) is 10.1. The number of anilines is 2. The van der Waals surface area contributed by atoms with E-state index in [-0.39, 0.29) is 5.78 Å². The molecule has 2 rings (SSSR count). The number of hydrogen-bond donors (Lipinski definition) is 2. The van der Waals surface area contributed by atoms with Gasteiger partial charge in [-0.25, -0.2) is 0 Å². The Balaban J connectivity index is 2.09. The first-order chi connectivity index (χ1) is 10.5. The lowest BCUT2D eigenvalue weighted by atomic mass is 10.1. The Morgan fingerprint density at radius 2 is 1.77 bits per heavy atom. The number of para-hydroxylation sites is 1. The average molecular weight is 312 g/mol. The summed E-state index contributed by atoms with van der Waals surface area (Å²) >= 11 is 5.38. The van der Waals surface area contributed by atoms with Crippen LogP contribution in [0.4, 0.5) is 11.4 Å². The molecule has 0 heterocycles. The monoisotopic (exact) mass is 312 g/mol. The molecule has 114 valence electrons. The molecule has 0 aromatic heterocycles. The number of carbonyl (C=O) groups is 1. The minimum absolute atomic E-state index is 0.0553. The highest BCUT2D eigenvalue weighted by molar-refractivity contribution is 7.80. The van der Waals surface area contributed by atoms with E-state index in [1.807, 2.05) is 12.1 Å². The van der Waals surface area contributed by atoms with E-state index in [1.165, 1.54) is 5.56 Å². The molecule has 0 spiro atoms. The molecule has 0 amide bonds. The molecule has 0 bridgehead atoms. The van der Waals surface area contributed by atoms with Crippen LogP contribution >= 0.6 is 12.2 Å². The Hall–Kier alpha value is -2.20. The van der Waals surface area contributed by atoms with Crippen molar-refractivity contribution < 1.29 is 4.79 Å². The van der Waals surface area contributed by atoms with Crippen LogP contribution in [0.25, 0.3) is 0 Å². The molecule has 0 aliphatic carbocycles. The Bertz CT molecular complexity index is 693. The van der Waals surface area contributed by atoms with Gasteiger partial charge in [0.25, 0.3) is 0 Å². The summed E-state index contributed by atoms with van der Waals surface area (Å²) in [6, 6.07) is 13.5. The Morgan fingerprint density at radius 1 is 1.09 bits per heavy atom. The number of aryl methyl sites for hydroxylation is 2. The molecular weight excluding hydrogens is 292 g/mol. The summed E-state index contributed by atoms with van der Waals surface area (Å²) in [5, 5.41) is 6.95. The summed E-state index contributed by atoms with van der Waals surface area (Å²) in [6.45, 7) is 5.74. The van der Waals surface area contributed by atoms with Gasteiger partial charge in [0.15, 0.2) is 10.9 Å². The number of benzene rings is 2. The zero-order valence-electron chi connectivity index (χ0n) is 13.1. The first kappa shape index (κ1) is 16.2. The van der Waals surface area contributed by atoms with Crippen molar-refractivity contribution in [2.75, 3.05) is 10.6 Å². The highest BCUT2D eigenvalue weighted by atomic mass is 32.1. The van der Waals surface area contributed by atoms with Crippen molar-refractivity contribution in [2.24, 2.45) is 0 Å². The third-order valence-electron chi connectivity index (χ3n) is 3.53. The van der Waals surface area contributed by atoms with Gasteiger partial charge in [0, 0.05) is 16.9 Å². The number of nitrogens with one attached hydrogen (secondary N) is 2. The smallest absolute Gasteiger partial charge is 0.175 e. The molecule has 4 heteroatoms. The maximum Gasteiger partial charge on any atom is 0.175 e. The van der Waals surface area contributed by atoms with Crippen LogP contribution in [0.15, 0.2) is 42.5 Å². The molecule has 22 heavy (non-hydrogen) atoms. The molecule has 2 N–H and O–H groups in total. The summed E-state index contributed by atoms with van der Waals surface area (Å²) < 4.78 is 0. The van der Waals surface area contributed by atoms with E-state index >= 15 is 0 Å². The van der Waals surface area contributed by atoms with E-state index in [0.29, 0.717) is 10.7 Å². The molecule has 3 nitrogen and oxygen atoms in total. The number of Topliss-reactive ketones (excluding diaryl/α,β-unsaturated/α-hetero) is 1. The Morgan fingerprint density at radius 3 is 2.36 bits per heavy atom. The number of thiocarbonyl (C=S) groups is 1. The summed E-state index contributed by atoms with van der Waals surface area (Å²) in [5.74, 6) is 0.0553. The van der Waals surface area contributed by atoms with E-state index in [4.69, 9.17) is 12.2 Å². The molecule has 0 aliphatic rings. The topological polar surface area (TPSA) is 41.1 Å². The lowest BCUT2D eigenvalue weighted by Gasteiger charge is -2.16. The molecule has 2 aromatic carbocycles. The Kier molecular flexibility index (Phi) is 5.28. The Labute approximate surface area is 136 Å². The molecule has 2 aromatic rings.